The van der Waals surface area contributed by atoms with Gasteiger partial charge in [0.2, 0.25) is 10.0 Å². The van der Waals surface area contributed by atoms with Gasteiger partial charge in [-0.25, -0.2) is 13.1 Å². The monoisotopic (exact) mass is 286 g/mol. The first-order chi connectivity index (χ1) is 8.73. The van der Waals surface area contributed by atoms with Crippen molar-refractivity contribution in [1.29, 1.82) is 0 Å². The van der Waals surface area contributed by atoms with E-state index in [0.717, 1.165) is 19.3 Å². The highest BCUT2D eigenvalue weighted by atomic mass is 32.2. The van der Waals surface area contributed by atoms with E-state index >= 15 is 0 Å². The number of aryl methyl sites for hydroxylation is 1. The van der Waals surface area contributed by atoms with Crippen molar-refractivity contribution < 1.29 is 8.42 Å². The van der Waals surface area contributed by atoms with Gasteiger partial charge in [-0.2, -0.15) is 5.10 Å². The summed E-state index contributed by atoms with van der Waals surface area (Å²) in [6.45, 7) is 6.79. The summed E-state index contributed by atoms with van der Waals surface area (Å²) in [6.07, 6.45) is 4.24. The van der Waals surface area contributed by atoms with Crippen LogP contribution in [0.4, 0.5) is 5.82 Å². The van der Waals surface area contributed by atoms with Gasteiger partial charge in [0.05, 0.1) is 0 Å². The predicted molar refractivity (Wildman–Crippen MR) is 74.1 cm³/mol. The molecule has 0 amide bonds. The molecule has 6 nitrogen and oxygen atoms in total. The Bertz CT molecular complexity index is 562. The number of anilines is 1. The summed E-state index contributed by atoms with van der Waals surface area (Å²) >= 11 is 0. The van der Waals surface area contributed by atoms with Crippen molar-refractivity contribution in [1.82, 2.24) is 14.5 Å². The Hall–Kier alpha value is -1.08. The van der Waals surface area contributed by atoms with Gasteiger partial charge in [-0.05, 0) is 31.6 Å². The number of nitrogens with zero attached hydrogens (tertiary/aromatic N) is 2. The quantitative estimate of drug-likeness (QED) is 0.874. The number of sulfonamides is 1. The van der Waals surface area contributed by atoms with Crippen LogP contribution in [-0.2, 0) is 16.6 Å². The molecule has 19 heavy (non-hydrogen) atoms. The second-order valence-electron chi connectivity index (χ2n) is 5.96. The predicted octanol–water partition coefficient (Wildman–Crippen LogP) is 1.34. The van der Waals surface area contributed by atoms with Gasteiger partial charge in [-0.1, -0.05) is 13.8 Å². The maximum atomic E-state index is 12.3. The minimum atomic E-state index is -3.57. The van der Waals surface area contributed by atoms with E-state index in [1.165, 1.54) is 10.9 Å². The van der Waals surface area contributed by atoms with Crippen LogP contribution in [0.25, 0.3) is 0 Å². The van der Waals surface area contributed by atoms with Crippen LogP contribution in [0.3, 0.4) is 0 Å². The molecule has 1 aromatic rings. The van der Waals surface area contributed by atoms with Crippen LogP contribution < -0.4 is 10.5 Å². The Labute approximate surface area is 114 Å². The fraction of sp³-hybridized carbons (Fsp3) is 0.750. The molecule has 1 fully saturated rings. The number of nitrogen functional groups attached to an aromatic ring is 1. The second kappa shape index (κ2) is 4.79. The molecule has 0 aromatic carbocycles. The summed E-state index contributed by atoms with van der Waals surface area (Å²) in [5.74, 6) is 0.0617. The topological polar surface area (TPSA) is 90.0 Å². The third kappa shape index (κ3) is 3.09. The van der Waals surface area contributed by atoms with E-state index in [-0.39, 0.29) is 22.2 Å². The minimum Gasteiger partial charge on any atom is -0.381 e. The number of aromatic nitrogens is 2. The lowest BCUT2D eigenvalue weighted by Gasteiger charge is -2.17. The van der Waals surface area contributed by atoms with Gasteiger partial charge in [0.15, 0.2) is 5.82 Å². The van der Waals surface area contributed by atoms with Crippen molar-refractivity contribution in [3.05, 3.63) is 6.20 Å². The highest BCUT2D eigenvalue weighted by Crippen LogP contribution is 2.37. The van der Waals surface area contributed by atoms with Crippen LogP contribution in [0.2, 0.25) is 0 Å². The molecule has 2 rings (SSSR count). The molecule has 0 radical (unpaired) electrons. The van der Waals surface area contributed by atoms with Crippen LogP contribution in [0, 0.1) is 5.41 Å². The van der Waals surface area contributed by atoms with E-state index in [2.05, 4.69) is 23.7 Å². The van der Waals surface area contributed by atoms with Crippen molar-refractivity contribution in [2.75, 3.05) is 5.73 Å². The van der Waals surface area contributed by atoms with Gasteiger partial charge in [0, 0.05) is 18.8 Å². The first-order valence-electron chi connectivity index (χ1n) is 6.59. The molecule has 7 heteroatoms. The van der Waals surface area contributed by atoms with Crippen LogP contribution >= 0.6 is 0 Å². The van der Waals surface area contributed by atoms with Crippen LogP contribution in [0.1, 0.15) is 40.0 Å². The molecule has 1 aliphatic carbocycles. The Morgan fingerprint density at radius 3 is 2.74 bits per heavy atom. The van der Waals surface area contributed by atoms with Gasteiger partial charge < -0.3 is 5.73 Å². The molecular formula is C12H22N4O2S. The van der Waals surface area contributed by atoms with E-state index < -0.39 is 10.0 Å². The summed E-state index contributed by atoms with van der Waals surface area (Å²) in [4.78, 5) is 0.0825. The van der Waals surface area contributed by atoms with E-state index in [1.807, 2.05) is 6.92 Å². The molecule has 0 aliphatic heterocycles. The van der Waals surface area contributed by atoms with Gasteiger partial charge in [0.1, 0.15) is 4.90 Å². The number of hydrogen-bond donors (Lipinski definition) is 2. The molecule has 1 aliphatic rings. The number of nitrogens with one attached hydrogen (secondary N) is 1. The molecule has 0 saturated heterocycles. The van der Waals surface area contributed by atoms with E-state index in [4.69, 9.17) is 5.73 Å². The zero-order valence-electron chi connectivity index (χ0n) is 11.7. The minimum absolute atomic E-state index is 0.00984. The van der Waals surface area contributed by atoms with Crippen LogP contribution in [0.15, 0.2) is 11.1 Å². The molecule has 1 aromatic heterocycles. The Morgan fingerprint density at radius 1 is 1.58 bits per heavy atom. The lowest BCUT2D eigenvalue weighted by atomic mass is 9.92. The van der Waals surface area contributed by atoms with Crippen LogP contribution in [-0.4, -0.2) is 24.2 Å². The largest absolute Gasteiger partial charge is 0.381 e. The summed E-state index contributed by atoms with van der Waals surface area (Å²) in [5.41, 5.74) is 5.88. The molecule has 1 saturated carbocycles. The lowest BCUT2D eigenvalue weighted by Crippen LogP contribution is -2.33. The third-order valence-corrected chi connectivity index (χ3v) is 5.20. The maximum absolute atomic E-state index is 12.3. The summed E-state index contributed by atoms with van der Waals surface area (Å²) in [7, 11) is -3.57. The average Bonchev–Trinajstić information content (AvgIpc) is 2.81. The Balaban J connectivity index is 2.16. The maximum Gasteiger partial charge on any atom is 0.246 e. The smallest absolute Gasteiger partial charge is 0.246 e. The fourth-order valence-corrected chi connectivity index (χ4v) is 3.95. The van der Waals surface area contributed by atoms with Crippen molar-refractivity contribution in [3.8, 4) is 0 Å². The number of hydrogen-bond acceptors (Lipinski definition) is 4. The van der Waals surface area contributed by atoms with E-state index in [1.54, 1.807) is 0 Å². The zero-order chi connectivity index (χ0) is 14.3. The summed E-state index contributed by atoms with van der Waals surface area (Å²) in [5, 5.41) is 3.97. The van der Waals surface area contributed by atoms with Crippen molar-refractivity contribution >= 4 is 15.8 Å². The van der Waals surface area contributed by atoms with E-state index in [9.17, 15) is 8.42 Å². The molecule has 0 spiro atoms. The van der Waals surface area contributed by atoms with E-state index in [0.29, 0.717) is 6.54 Å². The standard InChI is InChI=1S/C12H22N4O2S/c1-4-16-8-10(11(13)14-16)19(17,18)15-9-5-6-12(2,3)7-9/h8-9,15H,4-7H2,1-3H3,(H2,13,14). The normalized spacial score (nSPS) is 22.8. The van der Waals surface area contributed by atoms with Gasteiger partial charge >= 0.3 is 0 Å². The van der Waals surface area contributed by atoms with Gasteiger partial charge in [-0.15, -0.1) is 0 Å². The molecular weight excluding hydrogens is 264 g/mol. The number of nitrogens with two attached hydrogens (primary N) is 1. The van der Waals surface area contributed by atoms with Gasteiger partial charge in [-0.3, -0.25) is 4.68 Å². The fourth-order valence-electron chi connectivity index (χ4n) is 2.61. The molecule has 1 unspecified atom stereocenters. The SMILES string of the molecule is CCn1cc(S(=O)(=O)NC2CCC(C)(C)C2)c(N)n1. The molecule has 3 N–H and O–H groups in total. The molecule has 1 heterocycles. The molecule has 108 valence electrons. The second-order valence-corrected chi connectivity index (χ2v) is 7.64. The highest BCUT2D eigenvalue weighted by molar-refractivity contribution is 7.89. The Kier molecular flexibility index (Phi) is 3.61. The first kappa shape index (κ1) is 14.3. The molecule has 1 atom stereocenters. The molecule has 0 bridgehead atoms. The van der Waals surface area contributed by atoms with Crippen molar-refractivity contribution in [2.24, 2.45) is 5.41 Å². The van der Waals surface area contributed by atoms with Gasteiger partial charge in [0.25, 0.3) is 0 Å². The number of rotatable bonds is 4. The Morgan fingerprint density at radius 2 is 2.26 bits per heavy atom. The lowest BCUT2D eigenvalue weighted by molar-refractivity contribution is 0.372. The zero-order valence-corrected chi connectivity index (χ0v) is 12.5. The van der Waals surface area contributed by atoms with Crippen molar-refractivity contribution in [2.45, 2.75) is 57.5 Å². The average molecular weight is 286 g/mol. The van der Waals surface area contributed by atoms with Crippen LogP contribution in [0.5, 0.6) is 0 Å². The highest BCUT2D eigenvalue weighted by Gasteiger charge is 2.34. The first-order valence-corrected chi connectivity index (χ1v) is 8.07. The third-order valence-electron chi connectivity index (χ3n) is 3.66. The van der Waals surface area contributed by atoms with Crippen molar-refractivity contribution in [3.63, 3.8) is 0 Å². The summed E-state index contributed by atoms with van der Waals surface area (Å²) < 4.78 is 28.9. The summed E-state index contributed by atoms with van der Waals surface area (Å²) in [6, 6.07) is -0.00984.